The maximum Gasteiger partial charge on any atom is 0.341 e. The first kappa shape index (κ1) is 20.6. The number of hydrogen-bond acceptors (Lipinski definition) is 4. The molecule has 0 atom stereocenters. The van der Waals surface area contributed by atoms with Gasteiger partial charge in [-0.15, -0.1) is 0 Å². The Hall–Kier alpha value is -2.73. The molecule has 27 heavy (non-hydrogen) atoms. The Labute approximate surface area is 163 Å². The third-order valence-corrected chi connectivity index (χ3v) is 4.17. The van der Waals surface area contributed by atoms with E-state index in [1.807, 2.05) is 24.3 Å². The highest BCUT2D eigenvalue weighted by molar-refractivity contribution is 6.32. The van der Waals surface area contributed by atoms with Gasteiger partial charge in [0.25, 0.3) is 0 Å². The van der Waals surface area contributed by atoms with E-state index in [0.29, 0.717) is 42.3 Å². The van der Waals surface area contributed by atoms with Gasteiger partial charge in [0, 0.05) is 13.0 Å². The van der Waals surface area contributed by atoms with Gasteiger partial charge in [-0.05, 0) is 48.2 Å². The third kappa shape index (κ3) is 7.19. The van der Waals surface area contributed by atoms with Crippen molar-refractivity contribution in [2.45, 2.75) is 19.3 Å². The molecule has 2 aromatic rings. The van der Waals surface area contributed by atoms with Crippen LogP contribution in [0.15, 0.2) is 42.5 Å². The van der Waals surface area contributed by atoms with E-state index in [1.54, 1.807) is 25.3 Å². The van der Waals surface area contributed by atoms with Crippen molar-refractivity contribution >= 4 is 23.5 Å². The van der Waals surface area contributed by atoms with E-state index in [1.165, 1.54) is 0 Å². The van der Waals surface area contributed by atoms with Crippen LogP contribution in [-0.2, 0) is 22.4 Å². The van der Waals surface area contributed by atoms with Gasteiger partial charge in [0.2, 0.25) is 5.91 Å². The van der Waals surface area contributed by atoms with Crippen LogP contribution in [0.5, 0.6) is 11.5 Å². The van der Waals surface area contributed by atoms with Crippen LogP contribution in [0.25, 0.3) is 0 Å². The molecule has 0 aliphatic carbocycles. The smallest absolute Gasteiger partial charge is 0.341 e. The molecule has 0 bridgehead atoms. The van der Waals surface area contributed by atoms with Gasteiger partial charge in [0.1, 0.15) is 11.5 Å². The average Bonchev–Trinajstić information content (AvgIpc) is 2.66. The molecule has 2 N–H and O–H groups in total. The Balaban J connectivity index is 1.69. The molecule has 0 aliphatic heterocycles. The minimum Gasteiger partial charge on any atom is -0.495 e. The topological polar surface area (TPSA) is 84.9 Å². The van der Waals surface area contributed by atoms with Gasteiger partial charge in [-0.25, -0.2) is 4.79 Å². The lowest BCUT2D eigenvalue weighted by molar-refractivity contribution is -0.139. The number of benzene rings is 2. The Morgan fingerprint density at radius 2 is 1.78 bits per heavy atom. The number of aryl methyl sites for hydroxylation is 1. The van der Waals surface area contributed by atoms with Crippen LogP contribution < -0.4 is 14.8 Å². The molecule has 0 spiro atoms. The molecule has 0 saturated carbocycles. The van der Waals surface area contributed by atoms with Crippen molar-refractivity contribution in [2.24, 2.45) is 0 Å². The number of rotatable bonds is 10. The summed E-state index contributed by atoms with van der Waals surface area (Å²) in [5.41, 5.74) is 2.01. The van der Waals surface area contributed by atoms with E-state index in [0.717, 1.165) is 11.1 Å². The van der Waals surface area contributed by atoms with E-state index in [2.05, 4.69) is 5.32 Å². The van der Waals surface area contributed by atoms with Crippen LogP contribution in [0, 0.1) is 0 Å². The molecule has 0 heterocycles. The summed E-state index contributed by atoms with van der Waals surface area (Å²) in [7, 11) is 1.56. The summed E-state index contributed by atoms with van der Waals surface area (Å²) in [5.74, 6) is 0.0784. The SMILES string of the molecule is COc1ccc(CCC(=O)NCCc2ccc(OCC(=O)O)cc2)cc1Cl. The van der Waals surface area contributed by atoms with Gasteiger partial charge in [-0.2, -0.15) is 0 Å². The summed E-state index contributed by atoms with van der Waals surface area (Å²) in [6, 6.07) is 12.6. The maximum atomic E-state index is 12.0. The standard InChI is InChI=1S/C20H22ClNO5/c1-26-18-8-4-15(12-17(18)21)5-9-19(23)22-11-10-14-2-6-16(7-3-14)27-13-20(24)25/h2-4,6-8,12H,5,9-11,13H2,1H3,(H,22,23)(H,24,25). The summed E-state index contributed by atoms with van der Waals surface area (Å²) in [5, 5.41) is 12.0. The number of carbonyl (C=O) groups excluding carboxylic acids is 1. The molecule has 0 radical (unpaired) electrons. The van der Waals surface area contributed by atoms with Crippen molar-refractivity contribution in [3.8, 4) is 11.5 Å². The number of amides is 1. The number of carboxylic acids is 1. The van der Waals surface area contributed by atoms with Crippen molar-refractivity contribution in [2.75, 3.05) is 20.3 Å². The van der Waals surface area contributed by atoms with Gasteiger partial charge in [0.05, 0.1) is 12.1 Å². The Morgan fingerprint density at radius 1 is 1.07 bits per heavy atom. The van der Waals surface area contributed by atoms with E-state index in [-0.39, 0.29) is 12.5 Å². The fourth-order valence-corrected chi connectivity index (χ4v) is 2.74. The minimum absolute atomic E-state index is 0.0247. The number of carboxylic acid groups (broad SMARTS) is 1. The van der Waals surface area contributed by atoms with Crippen LogP contribution in [0.2, 0.25) is 5.02 Å². The average molecular weight is 392 g/mol. The van der Waals surface area contributed by atoms with E-state index in [4.69, 9.17) is 26.2 Å². The predicted molar refractivity (Wildman–Crippen MR) is 103 cm³/mol. The number of halogens is 1. The fraction of sp³-hybridized carbons (Fsp3) is 0.300. The van der Waals surface area contributed by atoms with Gasteiger partial charge in [0.15, 0.2) is 6.61 Å². The molecule has 7 heteroatoms. The number of carbonyl (C=O) groups is 2. The molecule has 0 aromatic heterocycles. The van der Waals surface area contributed by atoms with Crippen molar-refractivity contribution in [1.29, 1.82) is 0 Å². The summed E-state index contributed by atoms with van der Waals surface area (Å²) >= 11 is 6.08. The van der Waals surface area contributed by atoms with Gasteiger partial charge >= 0.3 is 5.97 Å². The Morgan fingerprint density at radius 3 is 2.41 bits per heavy atom. The van der Waals surface area contributed by atoms with Crippen LogP contribution in [0.4, 0.5) is 0 Å². The molecule has 0 fully saturated rings. The van der Waals surface area contributed by atoms with Crippen molar-refractivity contribution in [1.82, 2.24) is 5.32 Å². The first-order chi connectivity index (χ1) is 13.0. The van der Waals surface area contributed by atoms with Gasteiger partial charge < -0.3 is 19.9 Å². The number of hydrogen-bond donors (Lipinski definition) is 2. The molecule has 144 valence electrons. The zero-order valence-corrected chi connectivity index (χ0v) is 15.8. The number of aliphatic carboxylic acids is 1. The first-order valence-electron chi connectivity index (χ1n) is 8.50. The highest BCUT2D eigenvalue weighted by Gasteiger charge is 2.06. The molecular formula is C20H22ClNO5. The van der Waals surface area contributed by atoms with Gasteiger partial charge in [-0.1, -0.05) is 29.8 Å². The predicted octanol–water partition coefficient (Wildman–Crippen LogP) is 3.10. The zero-order chi connectivity index (χ0) is 19.6. The molecule has 6 nitrogen and oxygen atoms in total. The molecule has 0 aliphatic rings. The summed E-state index contributed by atoms with van der Waals surface area (Å²) in [6.45, 7) is 0.159. The largest absolute Gasteiger partial charge is 0.495 e. The lowest BCUT2D eigenvalue weighted by Crippen LogP contribution is -2.25. The van der Waals surface area contributed by atoms with Crippen LogP contribution in [0.1, 0.15) is 17.5 Å². The lowest BCUT2D eigenvalue weighted by Gasteiger charge is -2.08. The van der Waals surface area contributed by atoms with E-state index >= 15 is 0 Å². The first-order valence-corrected chi connectivity index (χ1v) is 8.88. The zero-order valence-electron chi connectivity index (χ0n) is 15.0. The molecule has 2 rings (SSSR count). The van der Waals surface area contributed by atoms with Crippen LogP contribution in [0.3, 0.4) is 0 Å². The number of methoxy groups -OCH3 is 1. The summed E-state index contributed by atoms with van der Waals surface area (Å²) in [6.07, 6.45) is 1.66. The highest BCUT2D eigenvalue weighted by atomic mass is 35.5. The molecular weight excluding hydrogens is 370 g/mol. The van der Waals surface area contributed by atoms with Crippen molar-refractivity contribution in [3.05, 3.63) is 58.6 Å². The molecule has 2 aromatic carbocycles. The Kier molecular flexibility index (Phi) is 7.95. The second-order valence-corrected chi connectivity index (χ2v) is 6.30. The molecule has 0 saturated heterocycles. The normalized spacial score (nSPS) is 10.3. The summed E-state index contributed by atoms with van der Waals surface area (Å²) in [4.78, 5) is 22.4. The van der Waals surface area contributed by atoms with Crippen LogP contribution in [-0.4, -0.2) is 37.2 Å². The fourth-order valence-electron chi connectivity index (χ4n) is 2.46. The minimum atomic E-state index is -1.02. The second-order valence-electron chi connectivity index (χ2n) is 5.90. The van der Waals surface area contributed by atoms with Crippen LogP contribution >= 0.6 is 11.6 Å². The van der Waals surface area contributed by atoms with Gasteiger partial charge in [-0.3, -0.25) is 4.79 Å². The lowest BCUT2D eigenvalue weighted by atomic mass is 10.1. The summed E-state index contributed by atoms with van der Waals surface area (Å²) < 4.78 is 10.2. The van der Waals surface area contributed by atoms with Crippen molar-refractivity contribution < 1.29 is 24.2 Å². The molecule has 0 unspecified atom stereocenters. The second kappa shape index (κ2) is 10.4. The number of ether oxygens (including phenoxy) is 2. The molecule has 1 amide bonds. The third-order valence-electron chi connectivity index (χ3n) is 3.88. The Bertz CT molecular complexity index is 776. The quantitative estimate of drug-likeness (QED) is 0.650. The maximum absolute atomic E-state index is 12.0. The monoisotopic (exact) mass is 391 g/mol. The number of nitrogens with one attached hydrogen (secondary N) is 1. The van der Waals surface area contributed by atoms with E-state index in [9.17, 15) is 9.59 Å². The van der Waals surface area contributed by atoms with Crippen molar-refractivity contribution in [3.63, 3.8) is 0 Å². The highest BCUT2D eigenvalue weighted by Crippen LogP contribution is 2.25. The van der Waals surface area contributed by atoms with E-state index < -0.39 is 5.97 Å².